The van der Waals surface area contributed by atoms with Crippen molar-refractivity contribution in [3.8, 4) is 11.1 Å². The molecule has 0 fully saturated rings. The van der Waals surface area contributed by atoms with Crippen molar-refractivity contribution >= 4 is 17.6 Å². The van der Waals surface area contributed by atoms with Crippen molar-refractivity contribution in [3.05, 3.63) is 48.5 Å². The Morgan fingerprint density at radius 2 is 1.19 bits per heavy atom. The lowest BCUT2D eigenvalue weighted by molar-refractivity contribution is 0.624. The minimum Gasteiger partial charge on any atom is -0.0668 e. The van der Waals surface area contributed by atoms with Crippen LogP contribution in [0.5, 0.6) is 0 Å². The fraction of sp³-hybridized carbons (Fsp3) is 0.400. The van der Waals surface area contributed by atoms with Gasteiger partial charge in [-0.3, -0.25) is 0 Å². The van der Waals surface area contributed by atoms with Gasteiger partial charge in [-0.05, 0) is 11.1 Å². The molecule has 0 unspecified atom stereocenters. The van der Waals surface area contributed by atoms with Crippen LogP contribution in [0.4, 0.5) is 0 Å². The third-order valence-electron chi connectivity index (χ3n) is 4.81. The molecule has 0 saturated heterocycles. The third-order valence-corrected chi connectivity index (χ3v) is 4.81. The second kappa shape index (κ2) is 6.98. The lowest BCUT2D eigenvalue weighted by atomic mass is 9.40. The second-order valence-electron chi connectivity index (χ2n) is 6.28. The summed E-state index contributed by atoms with van der Waals surface area (Å²) in [5, 5.41) is 0. The summed E-state index contributed by atoms with van der Waals surface area (Å²) in [7, 11) is 0. The van der Waals surface area contributed by atoms with Crippen LogP contribution in [-0.4, -0.2) is 6.71 Å². The molecule has 1 heterocycles. The molecule has 3 rings (SSSR count). The Labute approximate surface area is 129 Å². The maximum absolute atomic E-state index is 2.33. The molecule has 1 aliphatic rings. The summed E-state index contributed by atoms with van der Waals surface area (Å²) in [6.45, 7) is 2.91. The van der Waals surface area contributed by atoms with Crippen LogP contribution >= 0.6 is 0 Å². The zero-order valence-electron chi connectivity index (χ0n) is 13.1. The molecule has 0 bridgehead atoms. The van der Waals surface area contributed by atoms with Gasteiger partial charge in [0.25, 0.3) is 0 Å². The first-order valence-corrected chi connectivity index (χ1v) is 8.60. The van der Waals surface area contributed by atoms with E-state index in [0.29, 0.717) is 6.71 Å². The zero-order chi connectivity index (χ0) is 14.5. The highest BCUT2D eigenvalue weighted by Crippen LogP contribution is 2.24. The van der Waals surface area contributed by atoms with E-state index < -0.39 is 0 Å². The first kappa shape index (κ1) is 14.4. The van der Waals surface area contributed by atoms with Crippen molar-refractivity contribution in [2.75, 3.05) is 0 Å². The number of fused-ring (bicyclic) bond motifs is 3. The van der Waals surface area contributed by atoms with Crippen LogP contribution in [0, 0.1) is 0 Å². The molecule has 0 N–H and O–H groups in total. The molecule has 0 aliphatic carbocycles. The van der Waals surface area contributed by atoms with E-state index in [1.807, 2.05) is 0 Å². The summed E-state index contributed by atoms with van der Waals surface area (Å²) in [6, 6.07) is 18.0. The summed E-state index contributed by atoms with van der Waals surface area (Å²) in [5.74, 6) is 0. The molecule has 0 aromatic heterocycles. The van der Waals surface area contributed by atoms with Crippen molar-refractivity contribution in [2.45, 2.75) is 51.8 Å². The van der Waals surface area contributed by atoms with E-state index >= 15 is 0 Å². The smallest absolute Gasteiger partial charge is 0.0668 e. The van der Waals surface area contributed by atoms with E-state index in [9.17, 15) is 0 Å². The van der Waals surface area contributed by atoms with E-state index in [-0.39, 0.29) is 0 Å². The van der Waals surface area contributed by atoms with Gasteiger partial charge in [0, 0.05) is 0 Å². The fourth-order valence-corrected chi connectivity index (χ4v) is 3.70. The summed E-state index contributed by atoms with van der Waals surface area (Å²) in [5.41, 5.74) is 6.02. The molecule has 2 aromatic rings. The topological polar surface area (TPSA) is 0 Å². The molecule has 21 heavy (non-hydrogen) atoms. The number of hydrogen-bond donors (Lipinski definition) is 0. The third kappa shape index (κ3) is 3.07. The molecule has 0 saturated carbocycles. The van der Waals surface area contributed by atoms with Crippen LogP contribution in [0.15, 0.2) is 48.5 Å². The lowest BCUT2D eigenvalue weighted by Crippen LogP contribution is -2.37. The highest BCUT2D eigenvalue weighted by molar-refractivity contribution is 6.89. The Morgan fingerprint density at radius 3 is 1.81 bits per heavy atom. The summed E-state index contributed by atoms with van der Waals surface area (Å²) in [6.07, 6.45) is 9.61. The molecule has 0 atom stereocenters. The zero-order valence-corrected chi connectivity index (χ0v) is 13.1. The minimum absolute atomic E-state index is 0.628. The van der Waals surface area contributed by atoms with E-state index in [1.165, 1.54) is 56.0 Å². The van der Waals surface area contributed by atoms with Gasteiger partial charge in [0.15, 0.2) is 0 Å². The Morgan fingerprint density at radius 1 is 0.667 bits per heavy atom. The van der Waals surface area contributed by atoms with Gasteiger partial charge in [0.05, 0.1) is 0 Å². The van der Waals surface area contributed by atoms with E-state index in [4.69, 9.17) is 0 Å². The van der Waals surface area contributed by atoms with E-state index in [0.717, 1.165) is 0 Å². The monoisotopic (exact) mass is 276 g/mol. The summed E-state index contributed by atoms with van der Waals surface area (Å²) >= 11 is 0. The molecule has 1 heteroatoms. The van der Waals surface area contributed by atoms with Gasteiger partial charge < -0.3 is 0 Å². The van der Waals surface area contributed by atoms with Crippen molar-refractivity contribution in [1.29, 1.82) is 0 Å². The predicted octanol–water partition coefficient (Wildman–Crippen LogP) is 4.64. The van der Waals surface area contributed by atoms with Crippen molar-refractivity contribution in [3.63, 3.8) is 0 Å². The Kier molecular flexibility index (Phi) is 4.80. The number of hydrogen-bond acceptors (Lipinski definition) is 0. The standard InChI is InChI=1S/C20H25B/c1-2-3-4-5-6-11-16-21-19-14-9-7-12-17(19)18-13-8-10-15-20(18)21/h7-10,12-15H,2-6,11,16H2,1H3. The molecular formula is C20H25B. The molecule has 0 amide bonds. The van der Waals surface area contributed by atoms with Crippen LogP contribution in [0.25, 0.3) is 11.1 Å². The number of rotatable bonds is 7. The first-order chi connectivity index (χ1) is 10.4. The Bertz CT molecular complexity index is 542. The number of unbranched alkanes of at least 4 members (excludes halogenated alkanes) is 5. The Hall–Kier alpha value is -1.50. The molecule has 0 spiro atoms. The largest absolute Gasteiger partial charge is 0.210 e. The maximum atomic E-state index is 2.33. The van der Waals surface area contributed by atoms with Crippen LogP contribution in [-0.2, 0) is 0 Å². The predicted molar refractivity (Wildman–Crippen MR) is 95.1 cm³/mol. The highest BCUT2D eigenvalue weighted by Gasteiger charge is 2.30. The van der Waals surface area contributed by atoms with Gasteiger partial charge in [-0.25, -0.2) is 0 Å². The van der Waals surface area contributed by atoms with E-state index in [1.54, 1.807) is 10.9 Å². The van der Waals surface area contributed by atoms with Gasteiger partial charge in [-0.15, -0.1) is 0 Å². The van der Waals surface area contributed by atoms with Gasteiger partial charge in [-0.2, -0.15) is 0 Å². The van der Waals surface area contributed by atoms with E-state index in [2.05, 4.69) is 55.5 Å². The minimum atomic E-state index is 0.628. The van der Waals surface area contributed by atoms with Crippen molar-refractivity contribution in [1.82, 2.24) is 0 Å². The number of benzene rings is 2. The van der Waals surface area contributed by atoms with Gasteiger partial charge in [0.2, 0.25) is 6.71 Å². The van der Waals surface area contributed by atoms with Gasteiger partial charge in [-0.1, -0.05) is 111 Å². The SMILES string of the molecule is CCCCCCCCB1c2ccccc2-c2ccccc21. The summed E-state index contributed by atoms with van der Waals surface area (Å²) in [4.78, 5) is 0. The van der Waals surface area contributed by atoms with Crippen LogP contribution in [0.3, 0.4) is 0 Å². The molecule has 1 aliphatic heterocycles. The quantitative estimate of drug-likeness (QED) is 0.510. The molecular weight excluding hydrogens is 251 g/mol. The summed E-state index contributed by atoms with van der Waals surface area (Å²) < 4.78 is 0. The molecule has 0 radical (unpaired) electrons. The highest BCUT2D eigenvalue weighted by atomic mass is 14.1. The molecule has 108 valence electrons. The first-order valence-electron chi connectivity index (χ1n) is 8.60. The van der Waals surface area contributed by atoms with Gasteiger partial charge in [0.1, 0.15) is 0 Å². The van der Waals surface area contributed by atoms with Crippen LogP contribution in [0.2, 0.25) is 6.32 Å². The van der Waals surface area contributed by atoms with Crippen molar-refractivity contribution < 1.29 is 0 Å². The fourth-order valence-electron chi connectivity index (χ4n) is 3.70. The average Bonchev–Trinajstić information content (AvgIpc) is 2.85. The average molecular weight is 276 g/mol. The second-order valence-corrected chi connectivity index (χ2v) is 6.28. The van der Waals surface area contributed by atoms with Crippen molar-refractivity contribution in [2.24, 2.45) is 0 Å². The van der Waals surface area contributed by atoms with Gasteiger partial charge >= 0.3 is 0 Å². The molecule has 0 nitrogen and oxygen atoms in total. The van der Waals surface area contributed by atoms with Crippen LogP contribution in [0.1, 0.15) is 45.4 Å². The maximum Gasteiger partial charge on any atom is 0.210 e. The lowest BCUT2D eigenvalue weighted by Gasteiger charge is -2.09. The Balaban J connectivity index is 1.68. The van der Waals surface area contributed by atoms with Crippen LogP contribution < -0.4 is 10.9 Å². The normalized spacial score (nSPS) is 12.3. The molecule has 2 aromatic carbocycles.